The number of nitrogens with two attached hydrogens (primary N) is 1. The van der Waals surface area contributed by atoms with Gasteiger partial charge in [0.25, 0.3) is 0 Å². The fourth-order valence-corrected chi connectivity index (χ4v) is 2.17. The number of hydrogen-bond donors (Lipinski definition) is 2. The van der Waals surface area contributed by atoms with E-state index in [9.17, 15) is 9.90 Å². The highest BCUT2D eigenvalue weighted by Crippen LogP contribution is 2.28. The maximum Gasteiger partial charge on any atom is 0.166 e. The highest BCUT2D eigenvalue weighted by Gasteiger charge is 2.17. The Labute approximate surface area is 99.7 Å². The van der Waals surface area contributed by atoms with Gasteiger partial charge >= 0.3 is 0 Å². The topological polar surface area (TPSA) is 68.2 Å². The third kappa shape index (κ3) is 1.80. The molecule has 0 spiro atoms. The van der Waals surface area contributed by atoms with Gasteiger partial charge < -0.3 is 15.4 Å². The van der Waals surface area contributed by atoms with E-state index in [0.29, 0.717) is 18.5 Å². The molecular formula is C13H16N2O2. The molecule has 0 aliphatic rings. The highest BCUT2D eigenvalue weighted by molar-refractivity contribution is 6.09. The van der Waals surface area contributed by atoms with Crippen molar-refractivity contribution in [2.75, 3.05) is 6.54 Å². The third-order valence-corrected chi connectivity index (χ3v) is 3.13. The second-order valence-corrected chi connectivity index (χ2v) is 4.18. The number of carbonyl (C=O) groups is 1. The summed E-state index contributed by atoms with van der Waals surface area (Å²) in [5.41, 5.74) is 7.94. The first-order valence-corrected chi connectivity index (χ1v) is 5.57. The predicted octanol–water partition coefficient (Wildman–Crippen LogP) is 1.72. The molecule has 0 aliphatic carbocycles. The number of carbonyl (C=O) groups excluding carboxylic acids is 1. The van der Waals surface area contributed by atoms with Gasteiger partial charge in [-0.15, -0.1) is 0 Å². The average molecular weight is 232 g/mol. The van der Waals surface area contributed by atoms with Crippen LogP contribution in [0.25, 0.3) is 10.9 Å². The van der Waals surface area contributed by atoms with E-state index in [4.69, 9.17) is 5.73 Å². The van der Waals surface area contributed by atoms with Crippen LogP contribution >= 0.6 is 0 Å². The summed E-state index contributed by atoms with van der Waals surface area (Å²) in [6.07, 6.45) is 0.329. The van der Waals surface area contributed by atoms with Crippen molar-refractivity contribution in [1.82, 2.24) is 4.57 Å². The molecule has 0 bridgehead atoms. The van der Waals surface area contributed by atoms with Crippen LogP contribution < -0.4 is 5.73 Å². The van der Waals surface area contributed by atoms with E-state index < -0.39 is 0 Å². The Balaban J connectivity index is 2.72. The second kappa shape index (κ2) is 4.22. The van der Waals surface area contributed by atoms with Crippen LogP contribution in [0.15, 0.2) is 18.2 Å². The summed E-state index contributed by atoms with van der Waals surface area (Å²) in [6.45, 7) is 2.24. The summed E-state index contributed by atoms with van der Waals surface area (Å²) in [4.78, 5) is 12.0. The van der Waals surface area contributed by atoms with Gasteiger partial charge in [0.15, 0.2) is 5.78 Å². The fraction of sp³-hybridized carbons (Fsp3) is 0.308. The lowest BCUT2D eigenvalue weighted by molar-refractivity contribution is 0.0986. The Morgan fingerprint density at radius 2 is 2.18 bits per heavy atom. The lowest BCUT2D eigenvalue weighted by Gasteiger charge is -2.00. The van der Waals surface area contributed by atoms with E-state index >= 15 is 0 Å². The number of aromatic hydroxyl groups is 1. The number of hydrogen-bond acceptors (Lipinski definition) is 3. The van der Waals surface area contributed by atoms with Gasteiger partial charge in [0.05, 0.1) is 0 Å². The zero-order valence-electron chi connectivity index (χ0n) is 10.0. The number of aryl methyl sites for hydroxylation is 1. The maximum atomic E-state index is 12.0. The Morgan fingerprint density at radius 3 is 2.82 bits per heavy atom. The molecule has 0 aliphatic heterocycles. The molecule has 4 heteroatoms. The smallest absolute Gasteiger partial charge is 0.166 e. The van der Waals surface area contributed by atoms with Gasteiger partial charge in [0, 0.05) is 35.6 Å². The number of rotatable bonds is 3. The van der Waals surface area contributed by atoms with Crippen LogP contribution in [0.2, 0.25) is 0 Å². The molecule has 1 aromatic carbocycles. The zero-order valence-corrected chi connectivity index (χ0v) is 10.0. The summed E-state index contributed by atoms with van der Waals surface area (Å²) in [5, 5.41) is 10.3. The zero-order chi connectivity index (χ0) is 12.6. The van der Waals surface area contributed by atoms with Crippen molar-refractivity contribution >= 4 is 16.7 Å². The number of ketones is 1. The molecule has 1 aromatic heterocycles. The van der Waals surface area contributed by atoms with E-state index in [1.54, 1.807) is 12.1 Å². The van der Waals surface area contributed by atoms with Gasteiger partial charge in [-0.2, -0.15) is 0 Å². The minimum absolute atomic E-state index is 0.0289. The minimum Gasteiger partial charge on any atom is -0.508 e. The standard InChI is InChI=1S/C13H16N2O2/c1-8-13(12(17)5-6-14)10-7-9(16)3-4-11(10)15(8)2/h3-4,7,16H,5-6,14H2,1-2H3. The number of phenolic OH excluding ortho intramolecular Hbond substituents is 1. The number of benzene rings is 1. The number of aromatic nitrogens is 1. The summed E-state index contributed by atoms with van der Waals surface area (Å²) in [7, 11) is 1.91. The van der Waals surface area contributed by atoms with E-state index in [1.807, 2.05) is 24.6 Å². The Kier molecular flexibility index (Phi) is 2.90. The molecular weight excluding hydrogens is 216 g/mol. The molecule has 0 amide bonds. The molecule has 2 rings (SSSR count). The molecule has 4 nitrogen and oxygen atoms in total. The molecule has 0 fully saturated rings. The van der Waals surface area contributed by atoms with Gasteiger partial charge in [-0.3, -0.25) is 4.79 Å². The van der Waals surface area contributed by atoms with E-state index in [-0.39, 0.29) is 11.5 Å². The van der Waals surface area contributed by atoms with Crippen molar-refractivity contribution in [2.24, 2.45) is 12.8 Å². The Bertz CT molecular complexity index is 585. The third-order valence-electron chi connectivity index (χ3n) is 3.13. The van der Waals surface area contributed by atoms with Crippen molar-refractivity contribution in [1.29, 1.82) is 0 Å². The lowest BCUT2D eigenvalue weighted by atomic mass is 10.0. The largest absolute Gasteiger partial charge is 0.508 e. The lowest BCUT2D eigenvalue weighted by Crippen LogP contribution is -2.09. The van der Waals surface area contributed by atoms with Gasteiger partial charge in [-0.25, -0.2) is 0 Å². The molecule has 0 radical (unpaired) electrons. The number of fused-ring (bicyclic) bond motifs is 1. The fourth-order valence-electron chi connectivity index (χ4n) is 2.17. The monoisotopic (exact) mass is 232 g/mol. The Morgan fingerprint density at radius 1 is 1.47 bits per heavy atom. The molecule has 17 heavy (non-hydrogen) atoms. The van der Waals surface area contributed by atoms with Crippen LogP contribution in [0.3, 0.4) is 0 Å². The number of Topliss-reactive ketones (excluding diaryl/α,β-unsaturated/α-hetero) is 1. The van der Waals surface area contributed by atoms with Crippen molar-refractivity contribution in [2.45, 2.75) is 13.3 Å². The maximum absolute atomic E-state index is 12.0. The van der Waals surface area contributed by atoms with Crippen molar-refractivity contribution < 1.29 is 9.90 Å². The van der Waals surface area contributed by atoms with E-state index in [0.717, 1.165) is 16.6 Å². The van der Waals surface area contributed by atoms with Crippen molar-refractivity contribution in [3.63, 3.8) is 0 Å². The number of nitrogens with zero attached hydrogens (tertiary/aromatic N) is 1. The first kappa shape index (κ1) is 11.7. The molecule has 0 unspecified atom stereocenters. The van der Waals surface area contributed by atoms with Crippen LogP contribution in [-0.4, -0.2) is 22.0 Å². The van der Waals surface area contributed by atoms with E-state index in [1.165, 1.54) is 0 Å². The molecule has 0 atom stereocenters. The van der Waals surface area contributed by atoms with Crippen LogP contribution in [0, 0.1) is 6.92 Å². The summed E-state index contributed by atoms with van der Waals surface area (Å²) in [6, 6.07) is 5.07. The van der Waals surface area contributed by atoms with Crippen LogP contribution in [0.1, 0.15) is 22.5 Å². The summed E-state index contributed by atoms with van der Waals surface area (Å²) < 4.78 is 1.96. The second-order valence-electron chi connectivity index (χ2n) is 4.18. The van der Waals surface area contributed by atoms with Crippen molar-refractivity contribution in [3.8, 4) is 5.75 Å². The van der Waals surface area contributed by atoms with Crippen LogP contribution in [0.5, 0.6) is 5.75 Å². The SMILES string of the molecule is Cc1c(C(=O)CCN)c2cc(O)ccc2n1C. The van der Waals surface area contributed by atoms with Crippen LogP contribution in [-0.2, 0) is 7.05 Å². The summed E-state index contributed by atoms with van der Waals surface area (Å²) >= 11 is 0. The van der Waals surface area contributed by atoms with Crippen molar-refractivity contribution in [3.05, 3.63) is 29.5 Å². The first-order valence-electron chi connectivity index (χ1n) is 5.57. The molecule has 0 saturated heterocycles. The van der Waals surface area contributed by atoms with Crippen LogP contribution in [0.4, 0.5) is 0 Å². The van der Waals surface area contributed by atoms with E-state index in [2.05, 4.69) is 0 Å². The molecule has 2 aromatic rings. The average Bonchev–Trinajstić information content (AvgIpc) is 2.51. The van der Waals surface area contributed by atoms with Gasteiger partial charge in [-0.05, 0) is 31.7 Å². The predicted molar refractivity (Wildman–Crippen MR) is 67.3 cm³/mol. The molecule has 1 heterocycles. The normalized spacial score (nSPS) is 11.0. The first-order chi connectivity index (χ1) is 8.06. The van der Waals surface area contributed by atoms with Gasteiger partial charge in [0.1, 0.15) is 5.75 Å². The molecule has 90 valence electrons. The molecule has 3 N–H and O–H groups in total. The minimum atomic E-state index is 0.0289. The Hall–Kier alpha value is -1.81. The van der Waals surface area contributed by atoms with Gasteiger partial charge in [0.2, 0.25) is 0 Å². The number of phenols is 1. The highest BCUT2D eigenvalue weighted by atomic mass is 16.3. The molecule has 0 saturated carbocycles. The van der Waals surface area contributed by atoms with Gasteiger partial charge in [-0.1, -0.05) is 0 Å². The summed E-state index contributed by atoms with van der Waals surface area (Å²) in [5.74, 6) is 0.200. The quantitative estimate of drug-likeness (QED) is 0.792.